The predicted molar refractivity (Wildman–Crippen MR) is 72.7 cm³/mol. The third-order valence-electron chi connectivity index (χ3n) is 3.01. The molecule has 7 heteroatoms. The fourth-order valence-electron chi connectivity index (χ4n) is 1.79. The monoisotopic (exact) mass is 314 g/mol. The average Bonchev–Trinajstić information content (AvgIpc) is 3.14. The van der Waals surface area contributed by atoms with Crippen LogP contribution in [-0.4, -0.2) is 41.0 Å². The third kappa shape index (κ3) is 3.17. The van der Waals surface area contributed by atoms with Gasteiger partial charge in [-0.25, -0.2) is 0 Å². The van der Waals surface area contributed by atoms with E-state index in [1.807, 2.05) is 0 Å². The molecule has 0 aromatic carbocycles. The van der Waals surface area contributed by atoms with Gasteiger partial charge in [-0.05, 0) is 35.8 Å². The highest BCUT2D eigenvalue weighted by atomic mass is 79.9. The Balaban J connectivity index is 1.97. The Hall–Kier alpha value is -1.21. The fourth-order valence-corrected chi connectivity index (χ4v) is 2.25. The van der Waals surface area contributed by atoms with Gasteiger partial charge in [0.15, 0.2) is 0 Å². The molecule has 98 valence electrons. The number of halogens is 1. The topological polar surface area (TPSA) is 71.3 Å². The van der Waals surface area contributed by atoms with Gasteiger partial charge in [0.05, 0.1) is 9.40 Å². The van der Waals surface area contributed by atoms with Crippen LogP contribution in [0.3, 0.4) is 0 Å². The Bertz CT molecular complexity index is 451. The largest absolute Gasteiger partial charge is 0.377 e. The van der Waals surface area contributed by atoms with Crippen molar-refractivity contribution >= 4 is 27.3 Å². The van der Waals surface area contributed by atoms with Crippen molar-refractivity contribution in [3.05, 3.63) is 27.0 Å². The molecule has 0 radical (unpaired) electrons. The first-order valence-electron chi connectivity index (χ1n) is 5.81. The Kier molecular flexibility index (Phi) is 4.13. The van der Waals surface area contributed by atoms with E-state index in [1.165, 1.54) is 19.0 Å². The number of likely N-dealkylation sites (N-methyl/N-ethyl adjacent to an activating group) is 1. The zero-order valence-corrected chi connectivity index (χ0v) is 11.7. The van der Waals surface area contributed by atoms with E-state index >= 15 is 0 Å². The van der Waals surface area contributed by atoms with Crippen molar-refractivity contribution in [1.29, 1.82) is 0 Å². The summed E-state index contributed by atoms with van der Waals surface area (Å²) in [5.74, 6) is 0. The number of anilines is 1. The minimum absolute atomic E-state index is 0.00144. The lowest BCUT2D eigenvalue weighted by molar-refractivity contribution is -0.384. The van der Waals surface area contributed by atoms with E-state index < -0.39 is 4.92 Å². The molecular formula is C11H15BrN4O2. The molecule has 0 spiro atoms. The molecule has 1 aromatic heterocycles. The molecule has 1 fully saturated rings. The summed E-state index contributed by atoms with van der Waals surface area (Å²) in [6.45, 7) is 1.55. The second-order valence-corrected chi connectivity index (χ2v) is 5.27. The van der Waals surface area contributed by atoms with Crippen molar-refractivity contribution in [3.8, 4) is 0 Å². The lowest BCUT2D eigenvalue weighted by atomic mass is 10.3. The third-order valence-corrected chi connectivity index (χ3v) is 3.61. The maximum absolute atomic E-state index is 10.9. The first-order valence-corrected chi connectivity index (χ1v) is 6.61. The second kappa shape index (κ2) is 5.62. The number of rotatable bonds is 6. The zero-order chi connectivity index (χ0) is 13.1. The Morgan fingerprint density at radius 1 is 1.61 bits per heavy atom. The van der Waals surface area contributed by atoms with E-state index in [4.69, 9.17) is 0 Å². The van der Waals surface area contributed by atoms with E-state index in [2.05, 4.69) is 38.2 Å². The van der Waals surface area contributed by atoms with Crippen LogP contribution in [0.2, 0.25) is 0 Å². The molecule has 0 unspecified atom stereocenters. The second-order valence-electron chi connectivity index (χ2n) is 4.41. The molecule has 0 aliphatic heterocycles. The van der Waals surface area contributed by atoms with Gasteiger partial charge in [0.25, 0.3) is 0 Å². The van der Waals surface area contributed by atoms with Crippen LogP contribution in [0.25, 0.3) is 0 Å². The Labute approximate surface area is 114 Å². The van der Waals surface area contributed by atoms with Crippen molar-refractivity contribution in [1.82, 2.24) is 9.88 Å². The van der Waals surface area contributed by atoms with Gasteiger partial charge in [-0.2, -0.15) is 0 Å². The first-order chi connectivity index (χ1) is 8.59. The van der Waals surface area contributed by atoms with Crippen molar-refractivity contribution in [3.63, 3.8) is 0 Å². The van der Waals surface area contributed by atoms with Crippen LogP contribution in [0.15, 0.2) is 16.9 Å². The molecule has 0 bridgehead atoms. The van der Waals surface area contributed by atoms with E-state index in [9.17, 15) is 10.1 Å². The van der Waals surface area contributed by atoms with Gasteiger partial charge >= 0.3 is 5.69 Å². The minimum Gasteiger partial charge on any atom is -0.377 e. The molecule has 0 saturated heterocycles. The van der Waals surface area contributed by atoms with Crippen LogP contribution in [0.5, 0.6) is 0 Å². The van der Waals surface area contributed by atoms with E-state index in [0.29, 0.717) is 22.7 Å². The fraction of sp³-hybridized carbons (Fsp3) is 0.545. The van der Waals surface area contributed by atoms with Gasteiger partial charge in [-0.1, -0.05) is 0 Å². The molecule has 1 aliphatic carbocycles. The maximum Gasteiger partial charge on any atom is 0.311 e. The highest BCUT2D eigenvalue weighted by Crippen LogP contribution is 2.31. The average molecular weight is 315 g/mol. The molecule has 1 saturated carbocycles. The molecule has 0 atom stereocenters. The number of hydrogen-bond acceptors (Lipinski definition) is 5. The summed E-state index contributed by atoms with van der Waals surface area (Å²) in [6.07, 6.45) is 5.34. The minimum atomic E-state index is -0.426. The molecule has 1 aromatic rings. The first kappa shape index (κ1) is 13.2. The standard InChI is InChI=1S/C11H15BrN4O2/c1-15(8-2-3-8)5-4-14-11-9(12)6-13-7-10(11)16(17)18/h6-8H,2-5H2,1H3,(H,13,14). The normalized spacial score (nSPS) is 14.8. The van der Waals surface area contributed by atoms with Crippen molar-refractivity contribution < 1.29 is 4.92 Å². The van der Waals surface area contributed by atoms with Crippen molar-refractivity contribution in [2.75, 3.05) is 25.5 Å². The van der Waals surface area contributed by atoms with Gasteiger partial charge in [0.2, 0.25) is 0 Å². The van der Waals surface area contributed by atoms with Crippen LogP contribution in [0, 0.1) is 10.1 Å². The summed E-state index contributed by atoms with van der Waals surface area (Å²) >= 11 is 3.28. The molecule has 1 heterocycles. The van der Waals surface area contributed by atoms with Crippen molar-refractivity contribution in [2.24, 2.45) is 0 Å². The highest BCUT2D eigenvalue weighted by Gasteiger charge is 2.25. The smallest absolute Gasteiger partial charge is 0.311 e. The summed E-state index contributed by atoms with van der Waals surface area (Å²) < 4.78 is 0.616. The van der Waals surface area contributed by atoms with E-state index in [0.717, 1.165) is 6.54 Å². The lowest BCUT2D eigenvalue weighted by Gasteiger charge is -2.16. The van der Waals surface area contributed by atoms with Gasteiger partial charge in [-0.15, -0.1) is 0 Å². The quantitative estimate of drug-likeness (QED) is 0.644. The van der Waals surface area contributed by atoms with Crippen molar-refractivity contribution in [2.45, 2.75) is 18.9 Å². The Morgan fingerprint density at radius 3 is 2.94 bits per heavy atom. The Morgan fingerprint density at radius 2 is 2.33 bits per heavy atom. The highest BCUT2D eigenvalue weighted by molar-refractivity contribution is 9.10. The summed E-state index contributed by atoms with van der Waals surface area (Å²) in [6, 6.07) is 0.697. The molecular weight excluding hydrogens is 300 g/mol. The van der Waals surface area contributed by atoms with Gasteiger partial charge in [0, 0.05) is 25.3 Å². The van der Waals surface area contributed by atoms with Gasteiger partial charge in [-0.3, -0.25) is 15.1 Å². The number of nitrogens with one attached hydrogen (secondary N) is 1. The number of pyridine rings is 1. The predicted octanol–water partition coefficient (Wildman–Crippen LogP) is 2.26. The lowest BCUT2D eigenvalue weighted by Crippen LogP contribution is -2.27. The molecule has 1 N–H and O–H groups in total. The van der Waals surface area contributed by atoms with E-state index in [-0.39, 0.29) is 5.69 Å². The number of nitrogens with zero attached hydrogens (tertiary/aromatic N) is 3. The number of aromatic nitrogens is 1. The van der Waals surface area contributed by atoms with Crippen LogP contribution in [-0.2, 0) is 0 Å². The molecule has 1 aliphatic rings. The van der Waals surface area contributed by atoms with Crippen LogP contribution < -0.4 is 5.32 Å². The van der Waals surface area contributed by atoms with Crippen LogP contribution in [0.1, 0.15) is 12.8 Å². The van der Waals surface area contributed by atoms with E-state index in [1.54, 1.807) is 6.20 Å². The SMILES string of the molecule is CN(CCNc1c(Br)cncc1[N+](=O)[O-])C1CC1. The molecule has 18 heavy (non-hydrogen) atoms. The summed E-state index contributed by atoms with van der Waals surface area (Å²) in [7, 11) is 2.08. The van der Waals surface area contributed by atoms with Crippen LogP contribution in [0.4, 0.5) is 11.4 Å². The van der Waals surface area contributed by atoms with Gasteiger partial charge < -0.3 is 10.2 Å². The zero-order valence-electron chi connectivity index (χ0n) is 10.1. The number of nitro groups is 1. The molecule has 2 rings (SSSR count). The molecule has 6 nitrogen and oxygen atoms in total. The summed E-state index contributed by atoms with van der Waals surface area (Å²) in [4.78, 5) is 16.5. The maximum atomic E-state index is 10.9. The van der Waals surface area contributed by atoms with Gasteiger partial charge in [0.1, 0.15) is 11.9 Å². The summed E-state index contributed by atoms with van der Waals surface area (Å²) in [5, 5.41) is 14.0. The summed E-state index contributed by atoms with van der Waals surface area (Å²) in [5.41, 5.74) is 0.498. The number of hydrogen-bond donors (Lipinski definition) is 1. The van der Waals surface area contributed by atoms with Crippen LogP contribution >= 0.6 is 15.9 Å². The molecule has 0 amide bonds.